The number of fused-ring (bicyclic) bond motifs is 6. The van der Waals surface area contributed by atoms with Crippen molar-refractivity contribution in [2.24, 2.45) is 0 Å². The number of benzene rings is 11. The summed E-state index contributed by atoms with van der Waals surface area (Å²) in [5.74, 6) is 0.245. The summed E-state index contributed by atoms with van der Waals surface area (Å²) in [5, 5.41) is 2.47. The molecule has 0 spiro atoms. The molecule has 1 aromatic heterocycles. The van der Waals surface area contributed by atoms with Crippen molar-refractivity contribution in [2.45, 2.75) is 11.8 Å². The summed E-state index contributed by atoms with van der Waals surface area (Å²) >= 11 is 0. The van der Waals surface area contributed by atoms with Crippen LogP contribution in [0.1, 0.15) is 34.1 Å². The lowest BCUT2D eigenvalue weighted by molar-refractivity contribution is 0.708. The van der Waals surface area contributed by atoms with E-state index in [-0.39, 0.29) is 11.8 Å². The Morgan fingerprint density at radius 3 is 1.24 bits per heavy atom. The van der Waals surface area contributed by atoms with Crippen molar-refractivity contribution in [2.75, 3.05) is 4.90 Å². The molecule has 0 aliphatic heterocycles. The van der Waals surface area contributed by atoms with E-state index in [2.05, 4.69) is 289 Å². The van der Waals surface area contributed by atoms with Crippen molar-refractivity contribution in [3.8, 4) is 50.2 Å². The highest BCUT2D eigenvalue weighted by atomic mass is 15.1. The van der Waals surface area contributed by atoms with Crippen molar-refractivity contribution in [3.05, 3.63) is 301 Å². The van der Waals surface area contributed by atoms with Crippen molar-refractivity contribution >= 4 is 38.9 Å². The maximum Gasteiger partial charge on any atom is 0.0541 e. The number of anilines is 3. The van der Waals surface area contributed by atoms with Gasteiger partial charge in [0.25, 0.3) is 0 Å². The molecule has 11 aromatic carbocycles. The maximum absolute atomic E-state index is 2.47. The van der Waals surface area contributed by atoms with Gasteiger partial charge in [-0.25, -0.2) is 0 Å². The predicted octanol–water partition coefficient (Wildman–Crippen LogP) is 18.2. The zero-order valence-electron chi connectivity index (χ0n) is 38.6. The molecule has 0 fully saturated rings. The van der Waals surface area contributed by atoms with E-state index in [1.807, 2.05) is 0 Å². The van der Waals surface area contributed by atoms with Gasteiger partial charge in [0.05, 0.1) is 11.0 Å². The molecule has 0 radical (unpaired) electrons. The Bertz CT molecular complexity index is 3750. The molecule has 0 saturated carbocycles. The molecule has 2 nitrogen and oxygen atoms in total. The molecule has 1 atom stereocenters. The average Bonchev–Trinajstić information content (AvgIpc) is 3.94. The van der Waals surface area contributed by atoms with Gasteiger partial charge in [-0.3, -0.25) is 0 Å². The Morgan fingerprint density at radius 2 is 0.700 bits per heavy atom. The number of hydrogen-bond acceptors (Lipinski definition) is 1. The van der Waals surface area contributed by atoms with E-state index in [0.717, 1.165) is 22.7 Å². The van der Waals surface area contributed by atoms with Crippen LogP contribution < -0.4 is 4.90 Å². The summed E-state index contributed by atoms with van der Waals surface area (Å²) in [7, 11) is 0. The summed E-state index contributed by atoms with van der Waals surface area (Å²) in [5.41, 5.74) is 22.0. The summed E-state index contributed by atoms with van der Waals surface area (Å²) in [6.45, 7) is 0. The number of para-hydroxylation sites is 1. The Hall–Kier alpha value is -8.98. The first-order chi connectivity index (χ1) is 34.7. The van der Waals surface area contributed by atoms with E-state index in [1.54, 1.807) is 0 Å². The number of nitrogens with zero attached hydrogens (tertiary/aromatic N) is 2. The van der Waals surface area contributed by atoms with Gasteiger partial charge in [0.2, 0.25) is 0 Å². The minimum atomic E-state index is 0.118. The Kier molecular flexibility index (Phi) is 10.4. The molecule has 0 N–H and O–H groups in total. The third-order valence-electron chi connectivity index (χ3n) is 14.4. The van der Waals surface area contributed by atoms with Crippen LogP contribution in [-0.4, -0.2) is 4.57 Å². The molecule has 2 heteroatoms. The topological polar surface area (TPSA) is 8.17 Å². The first kappa shape index (κ1) is 41.2. The van der Waals surface area contributed by atoms with Gasteiger partial charge in [0, 0.05) is 45.4 Å². The smallest absolute Gasteiger partial charge is 0.0541 e. The van der Waals surface area contributed by atoms with Gasteiger partial charge in [-0.2, -0.15) is 0 Å². The molecular weight excluding hydrogens is 845 g/mol. The van der Waals surface area contributed by atoms with Gasteiger partial charge in [0.1, 0.15) is 0 Å². The quantitative estimate of drug-likeness (QED) is 0.133. The lowest BCUT2D eigenvalue weighted by Crippen LogP contribution is -2.14. The molecule has 13 rings (SSSR count). The second kappa shape index (κ2) is 17.6. The lowest BCUT2D eigenvalue weighted by Gasteiger charge is -2.29. The number of rotatable bonds is 10. The Morgan fingerprint density at radius 1 is 0.300 bits per heavy atom. The van der Waals surface area contributed by atoms with E-state index in [4.69, 9.17) is 0 Å². The fraction of sp³-hybridized carbons (Fsp3) is 0.0294. The molecule has 1 aliphatic carbocycles. The molecule has 1 aliphatic rings. The fourth-order valence-electron chi connectivity index (χ4n) is 11.2. The second-order valence-electron chi connectivity index (χ2n) is 18.4. The zero-order valence-corrected chi connectivity index (χ0v) is 38.6. The highest BCUT2D eigenvalue weighted by molar-refractivity contribution is 6.11. The average molecular weight is 893 g/mol. The van der Waals surface area contributed by atoms with E-state index >= 15 is 0 Å². The highest BCUT2D eigenvalue weighted by Crippen LogP contribution is 2.54. The minimum Gasteiger partial charge on any atom is -0.310 e. The minimum absolute atomic E-state index is 0.118. The predicted molar refractivity (Wildman–Crippen MR) is 294 cm³/mol. The molecule has 0 bridgehead atoms. The van der Waals surface area contributed by atoms with E-state index in [0.29, 0.717) is 0 Å². The first-order valence-corrected chi connectivity index (χ1v) is 24.3. The van der Waals surface area contributed by atoms with Crippen molar-refractivity contribution < 1.29 is 0 Å². The van der Waals surface area contributed by atoms with E-state index in [9.17, 15) is 0 Å². The Labute approximate surface area is 409 Å². The fourth-order valence-corrected chi connectivity index (χ4v) is 11.2. The van der Waals surface area contributed by atoms with Crippen LogP contribution in [0, 0.1) is 0 Å². The molecule has 1 heterocycles. The highest BCUT2D eigenvalue weighted by Gasteiger charge is 2.36. The van der Waals surface area contributed by atoms with Crippen LogP contribution in [0.4, 0.5) is 17.1 Å². The van der Waals surface area contributed by atoms with Gasteiger partial charge in [0.15, 0.2) is 0 Å². The van der Waals surface area contributed by atoms with Gasteiger partial charge >= 0.3 is 0 Å². The van der Waals surface area contributed by atoms with Crippen LogP contribution in [0.25, 0.3) is 72.0 Å². The molecule has 330 valence electrons. The third-order valence-corrected chi connectivity index (χ3v) is 14.4. The van der Waals surface area contributed by atoms with Gasteiger partial charge in [-0.15, -0.1) is 0 Å². The molecule has 12 aromatic rings. The normalized spacial score (nSPS) is 12.8. The van der Waals surface area contributed by atoms with Crippen LogP contribution in [0.5, 0.6) is 0 Å². The first-order valence-electron chi connectivity index (χ1n) is 24.3. The van der Waals surface area contributed by atoms with Gasteiger partial charge in [-0.05, 0) is 140 Å². The van der Waals surface area contributed by atoms with Crippen LogP contribution >= 0.6 is 0 Å². The molecule has 0 saturated heterocycles. The van der Waals surface area contributed by atoms with E-state index in [1.165, 1.54) is 88.6 Å². The molecular formula is C68H48N2. The van der Waals surface area contributed by atoms with Crippen molar-refractivity contribution in [3.63, 3.8) is 0 Å². The summed E-state index contributed by atoms with van der Waals surface area (Å²) in [6, 6.07) is 102. The van der Waals surface area contributed by atoms with Gasteiger partial charge in [-0.1, -0.05) is 206 Å². The molecule has 1 unspecified atom stereocenters. The monoisotopic (exact) mass is 892 g/mol. The third kappa shape index (κ3) is 7.30. The Balaban J connectivity index is 0.940. The zero-order chi connectivity index (χ0) is 46.4. The second-order valence-corrected chi connectivity index (χ2v) is 18.4. The van der Waals surface area contributed by atoms with Crippen LogP contribution in [0.2, 0.25) is 0 Å². The SMILES string of the molecule is c1ccc(-c2ccc(N(c3ccc(-c4ccc5c(c4)c4cc(-c6ccccc6)ccc4n5-c4ccccc4)cc3)c3ccc4c(c3)C(C(c3ccccc3)c3ccccc3)c3ccccc3-4)cc2)cc1. The van der Waals surface area contributed by atoms with Crippen molar-refractivity contribution in [1.82, 2.24) is 4.57 Å². The van der Waals surface area contributed by atoms with Crippen LogP contribution in [0.15, 0.2) is 279 Å². The largest absolute Gasteiger partial charge is 0.310 e. The van der Waals surface area contributed by atoms with Gasteiger partial charge < -0.3 is 9.47 Å². The summed E-state index contributed by atoms with van der Waals surface area (Å²) < 4.78 is 2.40. The van der Waals surface area contributed by atoms with Crippen molar-refractivity contribution in [1.29, 1.82) is 0 Å². The lowest BCUT2D eigenvalue weighted by atomic mass is 9.76. The van der Waals surface area contributed by atoms with E-state index < -0.39 is 0 Å². The summed E-state index contributed by atoms with van der Waals surface area (Å²) in [6.07, 6.45) is 0. The molecule has 0 amide bonds. The molecule has 70 heavy (non-hydrogen) atoms. The number of aromatic nitrogens is 1. The van der Waals surface area contributed by atoms with Crippen LogP contribution in [0.3, 0.4) is 0 Å². The number of hydrogen-bond donors (Lipinski definition) is 0. The van der Waals surface area contributed by atoms with Crippen LogP contribution in [-0.2, 0) is 0 Å². The standard InChI is InChI=1S/C68H48N2/c1-6-18-47(19-7-1)49-30-36-56(37-31-49)69(58-40-41-60-59-28-16-17-29-61(59)68(64(60)46-58)67(51-22-10-3-11-23-51)52-24-12-4-13-25-52)57-38-32-50(33-39-57)54-35-43-66-63(45-54)62-44-53(48-20-8-2-9-21-48)34-42-65(62)70(66)55-26-14-5-15-27-55/h1-46,67-68H. The maximum atomic E-state index is 2.47. The summed E-state index contributed by atoms with van der Waals surface area (Å²) in [4.78, 5) is 2.43.